The van der Waals surface area contributed by atoms with Crippen molar-refractivity contribution in [2.24, 2.45) is 0 Å². The minimum absolute atomic E-state index is 0.103. The van der Waals surface area contributed by atoms with E-state index in [0.717, 1.165) is 17.5 Å². The number of benzene rings is 1. The zero-order valence-electron chi connectivity index (χ0n) is 14.6. The van der Waals surface area contributed by atoms with Gasteiger partial charge >= 0.3 is 5.69 Å². The Morgan fingerprint density at radius 2 is 2.07 bits per heavy atom. The first-order valence-electron chi connectivity index (χ1n) is 8.15. The van der Waals surface area contributed by atoms with Crippen LogP contribution in [0.15, 0.2) is 49.1 Å². The van der Waals surface area contributed by atoms with Gasteiger partial charge in [0, 0.05) is 19.2 Å². The van der Waals surface area contributed by atoms with E-state index in [0.29, 0.717) is 12.2 Å². The minimum atomic E-state index is -0.527. The summed E-state index contributed by atoms with van der Waals surface area (Å²) < 4.78 is 8.27. The maximum atomic E-state index is 12.0. The highest BCUT2D eigenvalue weighted by atomic mass is 16.6. The van der Waals surface area contributed by atoms with Crippen molar-refractivity contribution in [1.29, 1.82) is 0 Å². The Bertz CT molecular complexity index is 948. The molecule has 140 valence electrons. The van der Waals surface area contributed by atoms with Crippen LogP contribution in [-0.4, -0.2) is 37.5 Å². The van der Waals surface area contributed by atoms with Crippen LogP contribution in [0.4, 0.5) is 11.4 Å². The molecule has 0 fully saturated rings. The molecule has 27 heavy (non-hydrogen) atoms. The molecule has 0 radical (unpaired) electrons. The maximum Gasteiger partial charge on any atom is 0.306 e. The lowest BCUT2D eigenvalue weighted by atomic mass is 10.2. The molecule has 0 atom stereocenters. The largest absolute Gasteiger partial charge is 0.497 e. The van der Waals surface area contributed by atoms with Crippen molar-refractivity contribution in [1.82, 2.24) is 19.6 Å². The van der Waals surface area contributed by atoms with Crippen molar-refractivity contribution in [3.05, 3.63) is 64.7 Å². The summed E-state index contributed by atoms with van der Waals surface area (Å²) in [6.45, 7) is 0.793. The predicted molar refractivity (Wildman–Crippen MR) is 96.5 cm³/mol. The van der Waals surface area contributed by atoms with E-state index >= 15 is 0 Å². The highest BCUT2D eigenvalue weighted by Gasteiger charge is 2.10. The predicted octanol–water partition coefficient (Wildman–Crippen LogP) is 2.07. The van der Waals surface area contributed by atoms with Gasteiger partial charge in [-0.15, -0.1) is 0 Å². The molecule has 0 saturated carbocycles. The van der Waals surface area contributed by atoms with Gasteiger partial charge in [0.1, 0.15) is 18.1 Å². The third kappa shape index (κ3) is 4.91. The molecular weight excluding hydrogens is 352 g/mol. The van der Waals surface area contributed by atoms with Gasteiger partial charge in [0.2, 0.25) is 5.91 Å². The van der Waals surface area contributed by atoms with Crippen LogP contribution in [0.25, 0.3) is 0 Å². The fraction of sp³-hybridized carbons (Fsp3) is 0.235. The molecule has 0 spiro atoms. The second-order valence-corrected chi connectivity index (χ2v) is 5.80. The molecule has 0 unspecified atom stereocenters. The van der Waals surface area contributed by atoms with Gasteiger partial charge in [-0.25, -0.2) is 0 Å². The zero-order chi connectivity index (χ0) is 19.2. The summed E-state index contributed by atoms with van der Waals surface area (Å²) >= 11 is 0. The molecule has 0 aliphatic heterocycles. The fourth-order valence-corrected chi connectivity index (χ4v) is 2.48. The Morgan fingerprint density at radius 3 is 2.81 bits per heavy atom. The molecule has 1 aromatic carbocycles. The molecule has 3 aromatic rings. The number of methoxy groups -OCH3 is 1. The number of aromatic nitrogens is 4. The number of hydrogen-bond acceptors (Lipinski definition) is 6. The standard InChI is InChI=1S/C17H18N6O4/c1-27-16-4-2-3-13(7-16)10-22-11-14(8-18-22)20-17(24)5-6-21-12-15(9-19-21)23(25)26/h2-4,7-9,11-12H,5-6,10H2,1H3,(H,20,24). The van der Waals surface area contributed by atoms with E-state index in [4.69, 9.17) is 4.74 Å². The number of carbonyl (C=O) groups is 1. The van der Waals surface area contributed by atoms with Crippen LogP contribution >= 0.6 is 0 Å². The molecule has 3 rings (SSSR count). The summed E-state index contributed by atoms with van der Waals surface area (Å²) in [6, 6.07) is 7.65. The molecular formula is C17H18N6O4. The molecule has 1 N–H and O–H groups in total. The Labute approximate surface area is 154 Å². The first-order chi connectivity index (χ1) is 13.0. The van der Waals surface area contributed by atoms with E-state index in [1.165, 1.54) is 10.9 Å². The minimum Gasteiger partial charge on any atom is -0.497 e. The molecule has 0 saturated heterocycles. The van der Waals surface area contributed by atoms with Crippen LogP contribution in [0.3, 0.4) is 0 Å². The molecule has 0 bridgehead atoms. The number of nitrogens with one attached hydrogen (secondary N) is 1. The average molecular weight is 370 g/mol. The van der Waals surface area contributed by atoms with E-state index in [1.54, 1.807) is 24.2 Å². The Balaban J connectivity index is 1.51. The van der Waals surface area contributed by atoms with Crippen LogP contribution in [0.1, 0.15) is 12.0 Å². The number of rotatable bonds is 8. The molecule has 10 nitrogen and oxygen atoms in total. The summed E-state index contributed by atoms with van der Waals surface area (Å²) in [6.07, 6.45) is 5.88. The van der Waals surface area contributed by atoms with Gasteiger partial charge < -0.3 is 10.1 Å². The van der Waals surface area contributed by atoms with E-state index in [9.17, 15) is 14.9 Å². The summed E-state index contributed by atoms with van der Waals surface area (Å²) in [5.41, 5.74) is 1.50. The monoisotopic (exact) mass is 370 g/mol. The Kier molecular flexibility index (Phi) is 5.45. The normalized spacial score (nSPS) is 10.6. The van der Waals surface area contributed by atoms with Gasteiger partial charge in [-0.3, -0.25) is 24.3 Å². The summed E-state index contributed by atoms with van der Waals surface area (Å²) in [7, 11) is 1.61. The van der Waals surface area contributed by atoms with Crippen molar-refractivity contribution >= 4 is 17.3 Å². The first kappa shape index (κ1) is 18.1. The van der Waals surface area contributed by atoms with Crippen LogP contribution in [0, 0.1) is 10.1 Å². The van der Waals surface area contributed by atoms with Gasteiger partial charge in [-0.2, -0.15) is 10.2 Å². The van der Waals surface area contributed by atoms with Crippen LogP contribution in [-0.2, 0) is 17.9 Å². The van der Waals surface area contributed by atoms with Gasteiger partial charge in [-0.05, 0) is 17.7 Å². The van der Waals surface area contributed by atoms with Gasteiger partial charge in [0.25, 0.3) is 0 Å². The number of nitro groups is 1. The molecule has 0 aliphatic carbocycles. The number of anilines is 1. The smallest absolute Gasteiger partial charge is 0.306 e. The first-order valence-corrected chi connectivity index (χ1v) is 8.15. The van der Waals surface area contributed by atoms with Crippen LogP contribution in [0.2, 0.25) is 0 Å². The van der Waals surface area contributed by atoms with Crippen molar-refractivity contribution in [2.45, 2.75) is 19.5 Å². The van der Waals surface area contributed by atoms with Crippen LogP contribution in [0.5, 0.6) is 5.75 Å². The second-order valence-electron chi connectivity index (χ2n) is 5.80. The lowest BCUT2D eigenvalue weighted by Gasteiger charge is -2.05. The van der Waals surface area contributed by atoms with E-state index in [2.05, 4.69) is 15.5 Å². The van der Waals surface area contributed by atoms with Crippen LogP contribution < -0.4 is 10.1 Å². The van der Waals surface area contributed by atoms with Gasteiger partial charge in [-0.1, -0.05) is 12.1 Å². The van der Waals surface area contributed by atoms with E-state index in [1.807, 2.05) is 24.3 Å². The lowest BCUT2D eigenvalue weighted by molar-refractivity contribution is -0.385. The topological polar surface area (TPSA) is 117 Å². The summed E-state index contributed by atoms with van der Waals surface area (Å²) in [5, 5.41) is 21.4. The van der Waals surface area contributed by atoms with E-state index in [-0.39, 0.29) is 24.6 Å². The van der Waals surface area contributed by atoms with Gasteiger partial charge in [0.05, 0.1) is 30.5 Å². The number of amides is 1. The Hall–Kier alpha value is -3.69. The van der Waals surface area contributed by atoms with Crippen molar-refractivity contribution in [3.63, 3.8) is 0 Å². The number of aryl methyl sites for hydroxylation is 1. The Morgan fingerprint density at radius 1 is 1.26 bits per heavy atom. The molecule has 0 aliphatic rings. The number of ether oxygens (including phenoxy) is 1. The highest BCUT2D eigenvalue weighted by molar-refractivity contribution is 5.90. The number of hydrogen-bond donors (Lipinski definition) is 1. The molecule has 10 heteroatoms. The SMILES string of the molecule is COc1cccc(Cn2cc(NC(=O)CCn3cc([N+](=O)[O-])cn3)cn2)c1. The fourth-order valence-electron chi connectivity index (χ4n) is 2.48. The summed E-state index contributed by atoms with van der Waals surface area (Å²) in [5.74, 6) is 0.543. The van der Waals surface area contributed by atoms with Crippen molar-refractivity contribution in [2.75, 3.05) is 12.4 Å². The summed E-state index contributed by atoms with van der Waals surface area (Å²) in [4.78, 5) is 22.1. The average Bonchev–Trinajstić information content (AvgIpc) is 3.30. The molecule has 2 aromatic heterocycles. The third-order valence-corrected chi connectivity index (χ3v) is 3.79. The maximum absolute atomic E-state index is 12.0. The van der Waals surface area contributed by atoms with E-state index < -0.39 is 4.92 Å². The quantitative estimate of drug-likeness (QED) is 0.479. The molecule has 2 heterocycles. The van der Waals surface area contributed by atoms with Crippen molar-refractivity contribution < 1.29 is 14.5 Å². The molecule has 1 amide bonds. The van der Waals surface area contributed by atoms with Gasteiger partial charge in [0.15, 0.2) is 0 Å². The lowest BCUT2D eigenvalue weighted by Crippen LogP contribution is -2.14. The third-order valence-electron chi connectivity index (χ3n) is 3.79. The number of carbonyl (C=O) groups excluding carboxylic acids is 1. The van der Waals surface area contributed by atoms with Crippen molar-refractivity contribution in [3.8, 4) is 5.75 Å². The number of nitrogens with zero attached hydrogens (tertiary/aromatic N) is 5. The zero-order valence-corrected chi connectivity index (χ0v) is 14.6. The second kappa shape index (κ2) is 8.13. The highest BCUT2D eigenvalue weighted by Crippen LogP contribution is 2.15.